The van der Waals surface area contributed by atoms with Crippen LogP contribution < -0.4 is 26.5 Å². The average molecular weight is 388 g/mol. The Morgan fingerprint density at radius 1 is 1.32 bits per heavy atom. The van der Waals surface area contributed by atoms with Crippen LogP contribution in [0.4, 0.5) is 5.69 Å². The minimum atomic E-state index is -1.35. The lowest BCUT2D eigenvalue weighted by Gasteiger charge is -2.31. The van der Waals surface area contributed by atoms with E-state index in [0.29, 0.717) is 11.4 Å². The molecule has 28 heavy (non-hydrogen) atoms. The predicted molar refractivity (Wildman–Crippen MR) is 104 cm³/mol. The second-order valence-electron chi connectivity index (χ2n) is 6.46. The van der Waals surface area contributed by atoms with Crippen LogP contribution in [0, 0.1) is 11.3 Å². The first-order valence-corrected chi connectivity index (χ1v) is 8.67. The van der Waals surface area contributed by atoms with Crippen molar-refractivity contribution in [1.29, 1.82) is 5.41 Å². The molecule has 10 nitrogen and oxygen atoms in total. The van der Waals surface area contributed by atoms with Gasteiger partial charge in [0.15, 0.2) is 5.71 Å². The Balaban J connectivity index is 2.06. The third-order valence-corrected chi connectivity index (χ3v) is 4.41. The first kappa shape index (κ1) is 20.9. The Morgan fingerprint density at radius 2 is 1.96 bits per heavy atom. The van der Waals surface area contributed by atoms with Crippen molar-refractivity contribution in [2.75, 3.05) is 19.1 Å². The number of hydrogen-bond donors (Lipinski definition) is 5. The van der Waals surface area contributed by atoms with Gasteiger partial charge in [0, 0.05) is 6.92 Å². The molecule has 0 radical (unpaired) electrons. The van der Waals surface area contributed by atoms with Crippen molar-refractivity contribution in [2.45, 2.75) is 25.3 Å². The van der Waals surface area contributed by atoms with Gasteiger partial charge in [-0.2, -0.15) is 5.10 Å². The lowest BCUT2D eigenvalue weighted by Crippen LogP contribution is -2.64. The molecule has 1 aliphatic carbocycles. The Bertz CT molecular complexity index is 788. The van der Waals surface area contributed by atoms with Gasteiger partial charge in [-0.15, -0.1) is 0 Å². The van der Waals surface area contributed by atoms with Crippen molar-refractivity contribution in [1.82, 2.24) is 10.6 Å². The van der Waals surface area contributed by atoms with E-state index in [0.717, 1.165) is 19.1 Å². The predicted octanol–water partition coefficient (Wildman–Crippen LogP) is -0.000930. The number of benzene rings is 1. The Labute approximate surface area is 162 Å². The van der Waals surface area contributed by atoms with Crippen LogP contribution in [0.15, 0.2) is 29.4 Å². The molecule has 1 aliphatic rings. The van der Waals surface area contributed by atoms with Crippen molar-refractivity contribution in [2.24, 2.45) is 16.8 Å². The van der Waals surface area contributed by atoms with Gasteiger partial charge in [-0.05, 0) is 43.0 Å². The number of carbonyl (C=O) groups excluding carboxylic acids is 3. The van der Waals surface area contributed by atoms with E-state index in [1.165, 1.54) is 6.92 Å². The molecule has 0 spiro atoms. The molecule has 0 heterocycles. The first-order valence-electron chi connectivity index (χ1n) is 8.67. The summed E-state index contributed by atoms with van der Waals surface area (Å²) in [6, 6.07) is 6.83. The number of amides is 3. The Hall–Kier alpha value is -3.43. The average Bonchev–Trinajstić information content (AvgIpc) is 3.51. The van der Waals surface area contributed by atoms with Gasteiger partial charge in [0.1, 0.15) is 11.3 Å². The number of nitrogens with one attached hydrogen (secondary N) is 4. The molecule has 10 heteroatoms. The van der Waals surface area contributed by atoms with E-state index in [-0.39, 0.29) is 18.2 Å². The number of hydrogen-bond acceptors (Lipinski definition) is 7. The van der Waals surface area contributed by atoms with Crippen LogP contribution in [-0.2, 0) is 14.4 Å². The fraction of sp³-hybridized carbons (Fsp3) is 0.389. The zero-order valence-corrected chi connectivity index (χ0v) is 15.7. The third-order valence-electron chi connectivity index (χ3n) is 4.41. The quantitative estimate of drug-likeness (QED) is 0.281. The molecule has 0 aromatic heterocycles. The summed E-state index contributed by atoms with van der Waals surface area (Å²) in [5, 5.41) is 16.4. The van der Waals surface area contributed by atoms with Crippen LogP contribution in [0.25, 0.3) is 0 Å². The van der Waals surface area contributed by atoms with Crippen LogP contribution in [0.3, 0.4) is 0 Å². The van der Waals surface area contributed by atoms with Crippen LogP contribution in [0.1, 0.15) is 19.8 Å². The fourth-order valence-corrected chi connectivity index (χ4v) is 2.78. The highest BCUT2D eigenvalue weighted by molar-refractivity contribution is 6.60. The highest BCUT2D eigenvalue weighted by atomic mass is 16.5. The van der Waals surface area contributed by atoms with Gasteiger partial charge in [0.2, 0.25) is 11.8 Å². The van der Waals surface area contributed by atoms with E-state index in [1.807, 2.05) is 0 Å². The van der Waals surface area contributed by atoms with E-state index in [4.69, 9.17) is 15.9 Å². The number of ether oxygens (including phenoxy) is 1. The molecule has 1 aromatic carbocycles. The summed E-state index contributed by atoms with van der Waals surface area (Å²) in [5.41, 5.74) is 7.23. The molecule has 0 unspecified atom stereocenters. The smallest absolute Gasteiger partial charge is 0.273 e. The van der Waals surface area contributed by atoms with Gasteiger partial charge < -0.3 is 26.5 Å². The van der Waals surface area contributed by atoms with Crippen molar-refractivity contribution >= 4 is 35.3 Å². The van der Waals surface area contributed by atoms with Crippen LogP contribution >= 0.6 is 0 Å². The second kappa shape index (κ2) is 8.98. The van der Waals surface area contributed by atoms with Crippen molar-refractivity contribution < 1.29 is 19.1 Å². The summed E-state index contributed by atoms with van der Waals surface area (Å²) < 4.78 is 5.06. The summed E-state index contributed by atoms with van der Waals surface area (Å²) in [4.78, 5) is 35.9. The molecular formula is C18H24N6O4. The van der Waals surface area contributed by atoms with Gasteiger partial charge in [0.05, 0.1) is 25.6 Å². The van der Waals surface area contributed by atoms with E-state index < -0.39 is 23.3 Å². The second-order valence-corrected chi connectivity index (χ2v) is 6.46. The van der Waals surface area contributed by atoms with Crippen molar-refractivity contribution in [3.05, 3.63) is 24.3 Å². The zero-order valence-electron chi connectivity index (χ0n) is 15.7. The van der Waals surface area contributed by atoms with E-state index >= 15 is 0 Å². The maximum absolute atomic E-state index is 12.4. The molecule has 6 N–H and O–H groups in total. The molecule has 0 aliphatic heterocycles. The molecule has 1 fully saturated rings. The van der Waals surface area contributed by atoms with E-state index in [2.05, 4.69) is 21.2 Å². The molecule has 0 bridgehead atoms. The normalized spacial score (nSPS) is 15.7. The zero-order chi connectivity index (χ0) is 20.7. The highest BCUT2D eigenvalue weighted by Crippen LogP contribution is 2.39. The number of rotatable bonds is 10. The number of nitrogens with zero attached hydrogens (tertiary/aromatic N) is 1. The maximum Gasteiger partial charge on any atom is 0.273 e. The summed E-state index contributed by atoms with van der Waals surface area (Å²) in [6.45, 7) is 1.10. The number of primary amides is 1. The first-order chi connectivity index (χ1) is 13.3. The molecule has 1 saturated carbocycles. The molecule has 3 amide bonds. The van der Waals surface area contributed by atoms with Gasteiger partial charge in [0.25, 0.3) is 5.91 Å². The summed E-state index contributed by atoms with van der Waals surface area (Å²) in [7, 11) is 1.55. The fourth-order valence-electron chi connectivity index (χ4n) is 2.78. The molecule has 2 rings (SSSR count). The minimum absolute atomic E-state index is 0.132. The number of anilines is 1. The minimum Gasteiger partial charge on any atom is -0.497 e. The molecule has 1 atom stereocenters. The summed E-state index contributed by atoms with van der Waals surface area (Å²) >= 11 is 0. The van der Waals surface area contributed by atoms with Gasteiger partial charge in [-0.3, -0.25) is 19.8 Å². The Kier molecular flexibility index (Phi) is 6.69. The number of hydrazone groups is 1. The SMILES string of the molecule is COc1ccc(N/N=C(\C=N)C(=O)NC[C@@](NC(C)=O)(C(N)=O)C2CC2)cc1. The summed E-state index contributed by atoms with van der Waals surface area (Å²) in [5.74, 6) is -1.27. The summed E-state index contributed by atoms with van der Waals surface area (Å²) in [6.07, 6.45) is 2.24. The van der Waals surface area contributed by atoms with E-state index in [9.17, 15) is 14.4 Å². The largest absolute Gasteiger partial charge is 0.497 e. The van der Waals surface area contributed by atoms with Crippen molar-refractivity contribution in [3.8, 4) is 5.75 Å². The van der Waals surface area contributed by atoms with Gasteiger partial charge in [-0.1, -0.05) is 0 Å². The third kappa shape index (κ3) is 5.06. The lowest BCUT2D eigenvalue weighted by molar-refractivity contribution is -0.132. The number of methoxy groups -OCH3 is 1. The molecule has 1 aromatic rings. The van der Waals surface area contributed by atoms with Crippen LogP contribution in [0.5, 0.6) is 5.75 Å². The van der Waals surface area contributed by atoms with Gasteiger partial charge in [-0.25, -0.2) is 0 Å². The highest BCUT2D eigenvalue weighted by Gasteiger charge is 2.50. The topological polar surface area (TPSA) is 159 Å². The monoisotopic (exact) mass is 388 g/mol. The van der Waals surface area contributed by atoms with E-state index in [1.54, 1.807) is 31.4 Å². The standard InChI is InChI=1S/C18H24N6O4/c1-11(25)22-18(17(20)27,12-3-4-12)10-21-16(26)15(9-19)24-23-13-5-7-14(28-2)8-6-13/h5-9,12,19,23H,3-4,10H2,1-2H3,(H2,20,27)(H,21,26)(H,22,25)/b19-9?,24-15+/t18-/m0/s1. The molecule has 150 valence electrons. The van der Waals surface area contributed by atoms with Crippen molar-refractivity contribution in [3.63, 3.8) is 0 Å². The molecular weight excluding hydrogens is 364 g/mol. The van der Waals surface area contributed by atoms with Crippen LogP contribution in [0.2, 0.25) is 0 Å². The van der Waals surface area contributed by atoms with Gasteiger partial charge >= 0.3 is 0 Å². The number of nitrogens with two attached hydrogens (primary N) is 1. The molecule has 0 saturated heterocycles. The lowest BCUT2D eigenvalue weighted by atomic mass is 9.91. The Morgan fingerprint density at radius 3 is 2.43 bits per heavy atom. The number of carbonyl (C=O) groups is 3. The van der Waals surface area contributed by atoms with Crippen LogP contribution in [-0.4, -0.2) is 48.8 Å². The maximum atomic E-state index is 12.4.